The Bertz CT molecular complexity index is 492. The Hall–Kier alpha value is -1.63. The lowest BCUT2D eigenvalue weighted by atomic mass is 9.86. The van der Waals surface area contributed by atoms with Crippen molar-refractivity contribution >= 4 is 6.29 Å². The van der Waals surface area contributed by atoms with Gasteiger partial charge in [-0.3, -0.25) is 4.79 Å². The molecule has 0 atom stereocenters. The quantitative estimate of drug-likeness (QED) is 0.376. The first kappa shape index (κ1) is 16.4. The summed E-state index contributed by atoms with van der Waals surface area (Å²) in [5, 5.41) is 0. The molecule has 1 nitrogen and oxygen atoms in total. The summed E-state index contributed by atoms with van der Waals surface area (Å²) in [4.78, 5) is 10.3. The smallest absolute Gasteiger partial charge is 0.143 e. The normalized spacial score (nSPS) is 19.8. The molecule has 1 saturated carbocycles. The molecule has 108 valence electrons. The van der Waals surface area contributed by atoms with Gasteiger partial charge in [0.05, 0.1) is 0 Å². The van der Waals surface area contributed by atoms with E-state index in [0.29, 0.717) is 0 Å². The van der Waals surface area contributed by atoms with Crippen LogP contribution in [0.3, 0.4) is 0 Å². The first-order valence-electron chi connectivity index (χ1n) is 7.39. The molecule has 0 spiro atoms. The molecule has 0 saturated heterocycles. The van der Waals surface area contributed by atoms with Crippen LogP contribution in [0.5, 0.6) is 0 Å². The Labute approximate surface area is 123 Å². The largest absolute Gasteiger partial charge is 0.299 e. The minimum atomic E-state index is 0.821. The molecule has 0 radical (unpaired) electrons. The fourth-order valence-corrected chi connectivity index (χ4v) is 2.50. The second-order valence-corrected chi connectivity index (χ2v) is 5.67. The molecule has 0 unspecified atom stereocenters. The van der Waals surface area contributed by atoms with E-state index in [2.05, 4.69) is 32.9 Å². The van der Waals surface area contributed by atoms with Gasteiger partial charge in [-0.25, -0.2) is 0 Å². The molecule has 0 aromatic heterocycles. The molecule has 0 amide bonds. The summed E-state index contributed by atoms with van der Waals surface area (Å²) in [6, 6.07) is 0. The molecule has 1 aliphatic rings. The van der Waals surface area contributed by atoms with Crippen molar-refractivity contribution in [2.45, 2.75) is 53.4 Å². The standard InChI is InChI=1S/C19H26O/c1-15(2)19-11-6-5-10-18(19)14-17(4)9-7-8-16(3)12-13-20/h7-9,12-14H,5-6,10-11H2,1-4H3/b8-7+,16-12+,17-9+,18-14+. The summed E-state index contributed by atoms with van der Waals surface area (Å²) in [5.41, 5.74) is 6.72. The van der Waals surface area contributed by atoms with Crippen LogP contribution in [0.25, 0.3) is 0 Å². The van der Waals surface area contributed by atoms with Gasteiger partial charge in [0.1, 0.15) is 6.29 Å². The average Bonchev–Trinajstić information content (AvgIpc) is 2.39. The topological polar surface area (TPSA) is 17.1 Å². The van der Waals surface area contributed by atoms with E-state index in [-0.39, 0.29) is 0 Å². The third-order valence-electron chi connectivity index (χ3n) is 3.57. The maximum absolute atomic E-state index is 10.3. The number of carbonyl (C=O) groups excluding carboxylic acids is 1. The van der Waals surface area contributed by atoms with Crippen molar-refractivity contribution in [3.05, 3.63) is 58.2 Å². The summed E-state index contributed by atoms with van der Waals surface area (Å²) in [7, 11) is 0. The first-order chi connectivity index (χ1) is 9.54. The third kappa shape index (κ3) is 5.56. The van der Waals surface area contributed by atoms with Crippen LogP contribution in [0.1, 0.15) is 53.4 Å². The van der Waals surface area contributed by atoms with Crippen LogP contribution in [0.4, 0.5) is 0 Å². The molecule has 0 aromatic carbocycles. The monoisotopic (exact) mass is 270 g/mol. The number of hydrogen-bond donors (Lipinski definition) is 0. The molecule has 0 heterocycles. The van der Waals surface area contributed by atoms with Gasteiger partial charge in [-0.15, -0.1) is 0 Å². The van der Waals surface area contributed by atoms with Crippen LogP contribution in [-0.2, 0) is 4.79 Å². The van der Waals surface area contributed by atoms with E-state index in [1.54, 1.807) is 11.6 Å². The van der Waals surface area contributed by atoms with E-state index in [1.807, 2.05) is 19.1 Å². The Balaban J connectivity index is 2.84. The van der Waals surface area contributed by atoms with Crippen molar-refractivity contribution in [3.63, 3.8) is 0 Å². The van der Waals surface area contributed by atoms with Gasteiger partial charge < -0.3 is 0 Å². The zero-order valence-corrected chi connectivity index (χ0v) is 13.2. The number of aldehydes is 1. The molecule has 0 N–H and O–H groups in total. The lowest BCUT2D eigenvalue weighted by molar-refractivity contribution is -0.104. The van der Waals surface area contributed by atoms with Crippen molar-refractivity contribution in [1.82, 2.24) is 0 Å². The van der Waals surface area contributed by atoms with E-state index in [9.17, 15) is 4.79 Å². The Kier molecular flexibility index (Phi) is 7.00. The summed E-state index contributed by atoms with van der Waals surface area (Å²) < 4.78 is 0. The fraction of sp³-hybridized carbons (Fsp3) is 0.421. The van der Waals surface area contributed by atoms with Crippen molar-refractivity contribution in [2.24, 2.45) is 0 Å². The minimum Gasteiger partial charge on any atom is -0.299 e. The van der Waals surface area contributed by atoms with Crippen LogP contribution in [0.2, 0.25) is 0 Å². The van der Waals surface area contributed by atoms with Crippen LogP contribution < -0.4 is 0 Å². The minimum absolute atomic E-state index is 0.821. The average molecular weight is 270 g/mol. The van der Waals surface area contributed by atoms with Gasteiger partial charge in [-0.05, 0) is 76.2 Å². The highest BCUT2D eigenvalue weighted by Gasteiger charge is 2.12. The Morgan fingerprint density at radius 2 is 1.65 bits per heavy atom. The summed E-state index contributed by atoms with van der Waals surface area (Å²) in [5.74, 6) is 0. The molecule has 1 fully saturated rings. The third-order valence-corrected chi connectivity index (χ3v) is 3.57. The van der Waals surface area contributed by atoms with Gasteiger partial charge in [0.2, 0.25) is 0 Å². The van der Waals surface area contributed by atoms with Gasteiger partial charge in [0, 0.05) is 0 Å². The van der Waals surface area contributed by atoms with Crippen molar-refractivity contribution in [3.8, 4) is 0 Å². The second-order valence-electron chi connectivity index (χ2n) is 5.67. The second kappa shape index (κ2) is 8.52. The maximum atomic E-state index is 10.3. The van der Waals surface area contributed by atoms with Gasteiger partial charge in [0.25, 0.3) is 0 Å². The Morgan fingerprint density at radius 3 is 2.30 bits per heavy atom. The highest BCUT2D eigenvalue weighted by Crippen LogP contribution is 2.31. The Morgan fingerprint density at radius 1 is 0.950 bits per heavy atom. The summed E-state index contributed by atoms with van der Waals surface area (Å²) in [6.07, 6.45) is 15.8. The predicted octanol–water partition coefficient (Wildman–Crippen LogP) is 5.47. The van der Waals surface area contributed by atoms with E-state index in [1.165, 1.54) is 42.4 Å². The SMILES string of the molecule is CC(C)=C1CCCC\C1=C/C(C)=C/C=C/C(C)=C/C=O. The van der Waals surface area contributed by atoms with Crippen LogP contribution in [-0.4, -0.2) is 6.29 Å². The highest BCUT2D eigenvalue weighted by molar-refractivity contribution is 5.66. The van der Waals surface area contributed by atoms with Crippen LogP contribution >= 0.6 is 0 Å². The molecular formula is C19H26O. The van der Waals surface area contributed by atoms with Gasteiger partial charge in [0.15, 0.2) is 0 Å². The molecule has 20 heavy (non-hydrogen) atoms. The zero-order valence-electron chi connectivity index (χ0n) is 13.2. The lowest BCUT2D eigenvalue weighted by Crippen LogP contribution is -2.00. The fourth-order valence-electron chi connectivity index (χ4n) is 2.50. The van der Waals surface area contributed by atoms with Gasteiger partial charge >= 0.3 is 0 Å². The van der Waals surface area contributed by atoms with E-state index in [4.69, 9.17) is 0 Å². The lowest BCUT2D eigenvalue weighted by Gasteiger charge is -2.20. The van der Waals surface area contributed by atoms with E-state index >= 15 is 0 Å². The molecule has 1 heteroatoms. The predicted molar refractivity (Wildman–Crippen MR) is 87.6 cm³/mol. The number of carbonyl (C=O) groups is 1. The van der Waals surface area contributed by atoms with E-state index < -0.39 is 0 Å². The number of hydrogen-bond acceptors (Lipinski definition) is 1. The van der Waals surface area contributed by atoms with Crippen LogP contribution in [0.15, 0.2) is 58.2 Å². The number of rotatable bonds is 4. The molecular weight excluding hydrogens is 244 g/mol. The van der Waals surface area contributed by atoms with Crippen molar-refractivity contribution in [2.75, 3.05) is 0 Å². The van der Waals surface area contributed by atoms with Crippen LogP contribution in [0, 0.1) is 0 Å². The van der Waals surface area contributed by atoms with Gasteiger partial charge in [-0.1, -0.05) is 35.5 Å². The summed E-state index contributed by atoms with van der Waals surface area (Å²) >= 11 is 0. The van der Waals surface area contributed by atoms with Crippen molar-refractivity contribution < 1.29 is 4.79 Å². The van der Waals surface area contributed by atoms with E-state index in [0.717, 1.165) is 11.9 Å². The van der Waals surface area contributed by atoms with Gasteiger partial charge in [-0.2, -0.15) is 0 Å². The molecule has 1 rings (SSSR count). The highest BCUT2D eigenvalue weighted by atomic mass is 16.1. The molecule has 0 aliphatic heterocycles. The first-order valence-corrected chi connectivity index (χ1v) is 7.39. The zero-order chi connectivity index (χ0) is 15.0. The molecule has 1 aliphatic carbocycles. The molecule has 0 bridgehead atoms. The number of allylic oxidation sites excluding steroid dienone is 10. The van der Waals surface area contributed by atoms with Crippen molar-refractivity contribution in [1.29, 1.82) is 0 Å². The maximum Gasteiger partial charge on any atom is 0.143 e. The summed E-state index contributed by atoms with van der Waals surface area (Å²) in [6.45, 7) is 8.48. The molecule has 0 aromatic rings.